The fourth-order valence-electron chi connectivity index (χ4n) is 2.49. The second-order valence-corrected chi connectivity index (χ2v) is 8.06. The van der Waals surface area contributed by atoms with Gasteiger partial charge in [0.1, 0.15) is 0 Å². The van der Waals surface area contributed by atoms with Crippen molar-refractivity contribution >= 4 is 33.6 Å². The fourth-order valence-corrected chi connectivity index (χ4v) is 3.53. The van der Waals surface area contributed by atoms with Gasteiger partial charge in [0, 0.05) is 18.7 Å². The highest BCUT2D eigenvalue weighted by atomic mass is 32.2. The van der Waals surface area contributed by atoms with Crippen molar-refractivity contribution in [2.75, 3.05) is 26.1 Å². The molecule has 0 radical (unpaired) electrons. The average Bonchev–Trinajstić information content (AvgIpc) is 2.72. The number of hydrogen-bond donors (Lipinski definition) is 2. The third kappa shape index (κ3) is 6.13. The lowest BCUT2D eigenvalue weighted by molar-refractivity contribution is -0.116. The number of amides is 1. The number of aryl methyl sites for hydroxylation is 1. The summed E-state index contributed by atoms with van der Waals surface area (Å²) in [6.45, 7) is 1.71. The Balaban J connectivity index is 2.04. The molecule has 2 aromatic carbocycles. The number of benzene rings is 2. The standard InChI is InChI=1S/C20H22N2O7S/c1-13-4-6-17(7-5-13)30(26,27)21-9-8-18(23)22-16-11-14(19(24)28-2)10-15(12-16)20(25)29-3/h4-7,10-12,21H,8-9H2,1-3H3,(H,22,23). The minimum Gasteiger partial charge on any atom is -0.465 e. The van der Waals surface area contributed by atoms with Crippen LogP contribution in [0.3, 0.4) is 0 Å². The van der Waals surface area contributed by atoms with Gasteiger partial charge in [-0.05, 0) is 37.3 Å². The van der Waals surface area contributed by atoms with Crippen molar-refractivity contribution in [3.05, 3.63) is 59.2 Å². The van der Waals surface area contributed by atoms with Crippen LogP contribution in [0.2, 0.25) is 0 Å². The molecular weight excluding hydrogens is 412 g/mol. The number of nitrogens with one attached hydrogen (secondary N) is 2. The Hall–Kier alpha value is -3.24. The van der Waals surface area contributed by atoms with E-state index in [4.69, 9.17) is 0 Å². The first-order chi connectivity index (χ1) is 14.2. The molecule has 9 nitrogen and oxygen atoms in total. The SMILES string of the molecule is COC(=O)c1cc(NC(=O)CCNS(=O)(=O)c2ccc(C)cc2)cc(C(=O)OC)c1. The Morgan fingerprint density at radius 2 is 1.43 bits per heavy atom. The maximum Gasteiger partial charge on any atom is 0.337 e. The number of carbonyl (C=O) groups excluding carboxylic acids is 3. The van der Waals surface area contributed by atoms with E-state index in [1.165, 1.54) is 44.6 Å². The van der Waals surface area contributed by atoms with Crippen molar-refractivity contribution in [2.24, 2.45) is 0 Å². The summed E-state index contributed by atoms with van der Waals surface area (Å²) < 4.78 is 36.1. The molecule has 2 rings (SSSR count). The topological polar surface area (TPSA) is 128 Å². The van der Waals surface area contributed by atoms with E-state index < -0.39 is 27.9 Å². The molecule has 0 aromatic heterocycles. The molecule has 0 aliphatic heterocycles. The molecule has 0 fully saturated rings. The predicted octanol–water partition coefficient (Wildman–Crippen LogP) is 1.88. The molecule has 0 heterocycles. The predicted molar refractivity (Wildman–Crippen MR) is 109 cm³/mol. The van der Waals surface area contributed by atoms with Gasteiger partial charge >= 0.3 is 11.9 Å². The van der Waals surface area contributed by atoms with Gasteiger partial charge in [-0.15, -0.1) is 0 Å². The summed E-state index contributed by atoms with van der Waals surface area (Å²) in [5.74, 6) is -1.90. The van der Waals surface area contributed by atoms with E-state index in [2.05, 4.69) is 19.5 Å². The highest BCUT2D eigenvalue weighted by Crippen LogP contribution is 2.17. The minimum atomic E-state index is -3.74. The van der Waals surface area contributed by atoms with E-state index in [1.807, 2.05) is 6.92 Å². The number of hydrogen-bond acceptors (Lipinski definition) is 7. The smallest absolute Gasteiger partial charge is 0.337 e. The molecule has 0 saturated carbocycles. The van der Waals surface area contributed by atoms with Crippen molar-refractivity contribution in [2.45, 2.75) is 18.2 Å². The number of methoxy groups -OCH3 is 2. The zero-order chi connectivity index (χ0) is 22.3. The van der Waals surface area contributed by atoms with Crippen LogP contribution >= 0.6 is 0 Å². The summed E-state index contributed by atoms with van der Waals surface area (Å²) in [7, 11) is -1.37. The molecule has 0 aliphatic rings. The van der Waals surface area contributed by atoms with Crippen LogP contribution < -0.4 is 10.0 Å². The van der Waals surface area contributed by atoms with Crippen molar-refractivity contribution in [1.29, 1.82) is 0 Å². The van der Waals surface area contributed by atoms with E-state index >= 15 is 0 Å². The van der Waals surface area contributed by atoms with Gasteiger partial charge in [-0.3, -0.25) is 4.79 Å². The van der Waals surface area contributed by atoms with Crippen molar-refractivity contribution in [3.63, 3.8) is 0 Å². The first-order valence-electron chi connectivity index (χ1n) is 8.84. The zero-order valence-electron chi connectivity index (χ0n) is 16.7. The molecule has 0 atom stereocenters. The van der Waals surface area contributed by atoms with Gasteiger partial charge in [-0.25, -0.2) is 22.7 Å². The highest BCUT2D eigenvalue weighted by molar-refractivity contribution is 7.89. The largest absolute Gasteiger partial charge is 0.465 e. The van der Waals surface area contributed by atoms with Crippen molar-refractivity contribution < 1.29 is 32.3 Å². The summed E-state index contributed by atoms with van der Waals surface area (Å²) in [5, 5.41) is 2.52. The number of anilines is 1. The van der Waals surface area contributed by atoms with Crippen LogP contribution in [0.25, 0.3) is 0 Å². The summed E-state index contributed by atoms with van der Waals surface area (Å²) in [4.78, 5) is 35.9. The van der Waals surface area contributed by atoms with E-state index in [9.17, 15) is 22.8 Å². The number of carbonyl (C=O) groups is 3. The first kappa shape index (κ1) is 23.0. The van der Waals surface area contributed by atoms with Gasteiger partial charge < -0.3 is 14.8 Å². The molecule has 0 unspecified atom stereocenters. The highest BCUT2D eigenvalue weighted by Gasteiger charge is 2.16. The summed E-state index contributed by atoms with van der Waals surface area (Å²) in [6, 6.07) is 10.3. The summed E-state index contributed by atoms with van der Waals surface area (Å²) in [6.07, 6.45) is -0.166. The molecule has 0 saturated heterocycles. The maximum atomic E-state index is 12.2. The minimum absolute atomic E-state index is 0.0516. The van der Waals surface area contributed by atoms with E-state index in [1.54, 1.807) is 12.1 Å². The van der Waals surface area contributed by atoms with Crippen LogP contribution in [0.5, 0.6) is 0 Å². The van der Waals surface area contributed by atoms with Gasteiger partial charge in [0.2, 0.25) is 15.9 Å². The third-order valence-electron chi connectivity index (χ3n) is 4.03. The van der Waals surface area contributed by atoms with E-state index in [0.29, 0.717) is 0 Å². The molecule has 10 heteroatoms. The van der Waals surface area contributed by atoms with Gasteiger partial charge in [0.15, 0.2) is 0 Å². The number of sulfonamides is 1. The van der Waals surface area contributed by atoms with Crippen molar-refractivity contribution in [1.82, 2.24) is 4.72 Å². The normalized spacial score (nSPS) is 10.9. The summed E-state index contributed by atoms with van der Waals surface area (Å²) in [5.41, 5.74) is 1.20. The molecule has 1 amide bonds. The molecule has 2 N–H and O–H groups in total. The number of esters is 2. The molecule has 0 aliphatic carbocycles. The van der Waals surface area contributed by atoms with Gasteiger partial charge in [-0.2, -0.15) is 0 Å². The van der Waals surface area contributed by atoms with Crippen LogP contribution in [-0.4, -0.2) is 47.0 Å². The molecule has 0 spiro atoms. The number of ether oxygens (including phenoxy) is 2. The molecular formula is C20H22N2O7S. The Bertz CT molecular complexity index is 1010. The van der Waals surface area contributed by atoms with Crippen molar-refractivity contribution in [3.8, 4) is 0 Å². The molecule has 2 aromatic rings. The summed E-state index contributed by atoms with van der Waals surface area (Å²) >= 11 is 0. The molecule has 160 valence electrons. The lowest BCUT2D eigenvalue weighted by Gasteiger charge is -2.10. The Morgan fingerprint density at radius 1 is 0.900 bits per heavy atom. The van der Waals surface area contributed by atoms with Gasteiger partial charge in [0.05, 0.1) is 30.2 Å². The van der Waals surface area contributed by atoms with E-state index in [-0.39, 0.29) is 34.7 Å². The average molecular weight is 434 g/mol. The lowest BCUT2D eigenvalue weighted by atomic mass is 10.1. The Morgan fingerprint density at radius 3 is 1.93 bits per heavy atom. The Kier molecular flexibility index (Phi) is 7.67. The van der Waals surface area contributed by atoms with Gasteiger partial charge in [-0.1, -0.05) is 17.7 Å². The van der Waals surface area contributed by atoms with Gasteiger partial charge in [0.25, 0.3) is 0 Å². The monoisotopic (exact) mass is 434 g/mol. The van der Waals surface area contributed by atoms with Crippen LogP contribution in [0, 0.1) is 6.92 Å². The molecule has 30 heavy (non-hydrogen) atoms. The number of rotatable bonds is 8. The second-order valence-electron chi connectivity index (χ2n) is 6.29. The third-order valence-corrected chi connectivity index (χ3v) is 5.51. The van der Waals surface area contributed by atoms with Crippen LogP contribution in [0.1, 0.15) is 32.7 Å². The fraction of sp³-hybridized carbons (Fsp3) is 0.250. The van der Waals surface area contributed by atoms with E-state index in [0.717, 1.165) is 5.56 Å². The Labute approximate surface area is 174 Å². The molecule has 0 bridgehead atoms. The zero-order valence-corrected chi connectivity index (χ0v) is 17.5. The van der Waals surface area contributed by atoms with Crippen LogP contribution in [0.15, 0.2) is 47.4 Å². The second kappa shape index (κ2) is 9.99. The van der Waals surface area contributed by atoms with Crippen LogP contribution in [-0.2, 0) is 24.3 Å². The van der Waals surface area contributed by atoms with Crippen LogP contribution in [0.4, 0.5) is 5.69 Å². The quantitative estimate of drug-likeness (QED) is 0.607. The maximum absolute atomic E-state index is 12.2. The first-order valence-corrected chi connectivity index (χ1v) is 10.3. The lowest BCUT2D eigenvalue weighted by Crippen LogP contribution is -2.28.